The molecule has 3 nitrogen and oxygen atoms in total. The Balaban J connectivity index is 2.78. The monoisotopic (exact) mass is 230 g/mol. The van der Waals surface area contributed by atoms with E-state index in [0.717, 1.165) is 5.56 Å². The van der Waals surface area contributed by atoms with Crippen LogP contribution in [-0.2, 0) is 6.61 Å². The summed E-state index contributed by atoms with van der Waals surface area (Å²) in [5, 5.41) is 18.6. The summed E-state index contributed by atoms with van der Waals surface area (Å²) in [5.74, 6) is 0.516. The van der Waals surface area contributed by atoms with E-state index in [9.17, 15) is 5.11 Å². The summed E-state index contributed by atoms with van der Waals surface area (Å²) in [5.41, 5.74) is 0.733. The van der Waals surface area contributed by atoms with Crippen LogP contribution in [0.5, 0.6) is 5.75 Å². The van der Waals surface area contributed by atoms with Gasteiger partial charge in [0.1, 0.15) is 11.9 Å². The van der Waals surface area contributed by atoms with E-state index in [2.05, 4.69) is 0 Å². The zero-order valence-corrected chi connectivity index (χ0v) is 9.53. The highest BCUT2D eigenvalue weighted by molar-refractivity contribution is 6.32. The van der Waals surface area contributed by atoms with E-state index in [1.165, 1.54) is 0 Å². The Bertz CT molecular complexity index is 326. The van der Waals surface area contributed by atoms with Crippen molar-refractivity contribution < 1.29 is 14.9 Å². The van der Waals surface area contributed by atoms with E-state index >= 15 is 0 Å². The zero-order valence-electron chi connectivity index (χ0n) is 8.77. The molecule has 0 amide bonds. The van der Waals surface area contributed by atoms with E-state index in [4.69, 9.17) is 21.4 Å². The Morgan fingerprint density at radius 1 is 1.40 bits per heavy atom. The molecule has 2 N–H and O–H groups in total. The van der Waals surface area contributed by atoms with Gasteiger partial charge in [0.15, 0.2) is 0 Å². The minimum absolute atomic E-state index is 0.0496. The number of rotatable bonds is 4. The van der Waals surface area contributed by atoms with Gasteiger partial charge in [-0.1, -0.05) is 17.7 Å². The quantitative estimate of drug-likeness (QED) is 0.832. The highest BCUT2D eigenvalue weighted by Crippen LogP contribution is 2.26. The van der Waals surface area contributed by atoms with Crippen molar-refractivity contribution in [1.29, 1.82) is 0 Å². The van der Waals surface area contributed by atoms with Crippen molar-refractivity contribution in [3.63, 3.8) is 0 Å². The normalized spacial score (nSPS) is 14.7. The Hall–Kier alpha value is -0.770. The maximum atomic E-state index is 9.27. The third kappa shape index (κ3) is 3.38. The topological polar surface area (TPSA) is 49.7 Å². The first-order valence-electron chi connectivity index (χ1n) is 4.78. The predicted octanol–water partition coefficient (Wildman–Crippen LogP) is 1.98. The summed E-state index contributed by atoms with van der Waals surface area (Å²) < 4.78 is 5.44. The Labute approximate surface area is 94.3 Å². The number of hydrogen-bond donors (Lipinski definition) is 2. The number of aliphatic hydroxyl groups excluding tert-OH is 2. The highest BCUT2D eigenvalue weighted by Gasteiger charge is 2.12. The lowest BCUT2D eigenvalue weighted by Crippen LogP contribution is -2.25. The van der Waals surface area contributed by atoms with E-state index in [1.54, 1.807) is 32.0 Å². The maximum absolute atomic E-state index is 9.27. The summed E-state index contributed by atoms with van der Waals surface area (Å²) >= 11 is 5.94. The van der Waals surface area contributed by atoms with Crippen LogP contribution in [0.2, 0.25) is 5.02 Å². The number of aliphatic hydroxyl groups is 2. The molecule has 0 aromatic heterocycles. The number of benzene rings is 1. The molecule has 15 heavy (non-hydrogen) atoms. The van der Waals surface area contributed by atoms with Crippen LogP contribution in [0, 0.1) is 0 Å². The van der Waals surface area contributed by atoms with Gasteiger partial charge in [-0.05, 0) is 31.5 Å². The Morgan fingerprint density at radius 3 is 2.53 bits per heavy atom. The van der Waals surface area contributed by atoms with Crippen LogP contribution in [0.15, 0.2) is 18.2 Å². The van der Waals surface area contributed by atoms with Crippen molar-refractivity contribution in [2.45, 2.75) is 32.7 Å². The smallest absolute Gasteiger partial charge is 0.138 e. The van der Waals surface area contributed by atoms with Gasteiger partial charge in [-0.25, -0.2) is 0 Å². The first-order valence-corrected chi connectivity index (χ1v) is 5.16. The van der Waals surface area contributed by atoms with E-state index in [0.29, 0.717) is 10.8 Å². The van der Waals surface area contributed by atoms with Gasteiger partial charge in [-0.2, -0.15) is 0 Å². The molecule has 1 aromatic rings. The zero-order chi connectivity index (χ0) is 11.4. The minimum Gasteiger partial charge on any atom is -0.486 e. The second kappa shape index (κ2) is 5.35. The number of ether oxygens (including phenoxy) is 1. The Kier molecular flexibility index (Phi) is 4.39. The molecular weight excluding hydrogens is 216 g/mol. The van der Waals surface area contributed by atoms with Crippen molar-refractivity contribution in [2.24, 2.45) is 0 Å². The standard InChI is InChI=1S/C11H15ClO3/c1-7(14)8(2)15-11-4-3-9(6-13)5-10(11)12/h3-5,7-8,13-14H,6H2,1-2H3. The van der Waals surface area contributed by atoms with E-state index in [1.807, 2.05) is 0 Å². The molecule has 84 valence electrons. The fourth-order valence-corrected chi connectivity index (χ4v) is 1.28. The molecule has 0 heterocycles. The van der Waals surface area contributed by atoms with Crippen LogP contribution in [0.25, 0.3) is 0 Å². The fraction of sp³-hybridized carbons (Fsp3) is 0.455. The largest absolute Gasteiger partial charge is 0.486 e. The van der Waals surface area contributed by atoms with Gasteiger partial charge in [0.2, 0.25) is 0 Å². The summed E-state index contributed by atoms with van der Waals surface area (Å²) in [6, 6.07) is 5.06. The third-order valence-electron chi connectivity index (χ3n) is 2.17. The molecule has 0 radical (unpaired) electrons. The Morgan fingerprint density at radius 2 is 2.07 bits per heavy atom. The SMILES string of the molecule is CC(O)C(C)Oc1ccc(CO)cc1Cl. The van der Waals surface area contributed by atoms with Crippen LogP contribution in [0.3, 0.4) is 0 Å². The van der Waals surface area contributed by atoms with Gasteiger partial charge in [0, 0.05) is 0 Å². The van der Waals surface area contributed by atoms with Gasteiger partial charge < -0.3 is 14.9 Å². The first-order chi connectivity index (χ1) is 7.04. The second-order valence-electron chi connectivity index (χ2n) is 3.49. The van der Waals surface area contributed by atoms with Crippen LogP contribution in [-0.4, -0.2) is 22.4 Å². The second-order valence-corrected chi connectivity index (χ2v) is 3.89. The van der Waals surface area contributed by atoms with E-state index < -0.39 is 6.10 Å². The van der Waals surface area contributed by atoms with Crippen molar-refractivity contribution in [2.75, 3.05) is 0 Å². The maximum Gasteiger partial charge on any atom is 0.138 e. The molecule has 1 rings (SSSR count). The molecule has 2 atom stereocenters. The van der Waals surface area contributed by atoms with Crippen molar-refractivity contribution in [3.8, 4) is 5.75 Å². The summed E-state index contributed by atoms with van der Waals surface area (Å²) in [7, 11) is 0. The summed E-state index contributed by atoms with van der Waals surface area (Å²) in [6.07, 6.45) is -0.874. The lowest BCUT2D eigenvalue weighted by Gasteiger charge is -2.18. The molecule has 2 unspecified atom stereocenters. The average molecular weight is 231 g/mol. The van der Waals surface area contributed by atoms with Crippen molar-refractivity contribution >= 4 is 11.6 Å². The highest BCUT2D eigenvalue weighted by atomic mass is 35.5. The molecular formula is C11H15ClO3. The molecule has 0 bridgehead atoms. The lowest BCUT2D eigenvalue weighted by atomic mass is 10.2. The average Bonchev–Trinajstić information content (AvgIpc) is 2.20. The number of hydrogen-bond acceptors (Lipinski definition) is 3. The van der Waals surface area contributed by atoms with Gasteiger partial charge in [0.25, 0.3) is 0 Å². The lowest BCUT2D eigenvalue weighted by molar-refractivity contribution is 0.0605. The summed E-state index contributed by atoms with van der Waals surface area (Å²) in [4.78, 5) is 0. The van der Waals surface area contributed by atoms with Crippen LogP contribution in [0.1, 0.15) is 19.4 Å². The third-order valence-corrected chi connectivity index (χ3v) is 2.47. The minimum atomic E-state index is -0.557. The predicted molar refractivity (Wildman–Crippen MR) is 59.1 cm³/mol. The number of halogens is 1. The molecule has 0 aliphatic carbocycles. The van der Waals surface area contributed by atoms with Gasteiger partial charge in [-0.3, -0.25) is 0 Å². The van der Waals surface area contributed by atoms with Crippen LogP contribution >= 0.6 is 11.6 Å². The molecule has 0 aliphatic heterocycles. The molecule has 0 aliphatic rings. The molecule has 1 aromatic carbocycles. The van der Waals surface area contributed by atoms with Gasteiger partial charge in [0.05, 0.1) is 17.7 Å². The molecule has 0 spiro atoms. The molecule has 0 saturated carbocycles. The van der Waals surface area contributed by atoms with Gasteiger partial charge >= 0.3 is 0 Å². The van der Waals surface area contributed by atoms with Gasteiger partial charge in [-0.15, -0.1) is 0 Å². The van der Waals surface area contributed by atoms with Crippen LogP contribution in [0.4, 0.5) is 0 Å². The van der Waals surface area contributed by atoms with E-state index in [-0.39, 0.29) is 12.7 Å². The van der Waals surface area contributed by atoms with Crippen molar-refractivity contribution in [3.05, 3.63) is 28.8 Å². The molecule has 0 fully saturated rings. The fourth-order valence-electron chi connectivity index (χ4n) is 1.04. The molecule has 4 heteroatoms. The first kappa shape index (κ1) is 12.3. The summed E-state index contributed by atoms with van der Waals surface area (Å²) in [6.45, 7) is 3.37. The molecule has 0 saturated heterocycles. The van der Waals surface area contributed by atoms with Crippen molar-refractivity contribution in [1.82, 2.24) is 0 Å². The van der Waals surface area contributed by atoms with Crippen LogP contribution < -0.4 is 4.74 Å².